The van der Waals surface area contributed by atoms with Crippen LogP contribution >= 0.6 is 0 Å². The minimum atomic E-state index is -0.195. The molecule has 0 aliphatic heterocycles. The summed E-state index contributed by atoms with van der Waals surface area (Å²) in [6, 6.07) is 5.36. The highest BCUT2D eigenvalue weighted by Gasteiger charge is 2.66. The lowest BCUT2D eigenvalue weighted by atomic mass is 9.40. The molecular weight excluding hydrogens is 516 g/mol. The maximum Gasteiger partial charge on any atom is 0.310 e. The third-order valence-electron chi connectivity index (χ3n) is 13.5. The molecule has 8 atom stereocenters. The lowest BCUT2D eigenvalue weighted by Crippen LogP contribution is -2.58. The summed E-state index contributed by atoms with van der Waals surface area (Å²) < 4.78 is 6.25. The van der Waals surface area contributed by atoms with E-state index < -0.39 is 0 Å². The fraction of sp³-hybridized carbons (Fsp3) is 0.711. The van der Waals surface area contributed by atoms with Crippen LogP contribution < -0.4 is 11.5 Å². The first-order valence-corrected chi connectivity index (χ1v) is 16.8. The number of ether oxygens (including phenoxy) is 1. The van der Waals surface area contributed by atoms with E-state index in [1.807, 2.05) is 6.07 Å². The van der Waals surface area contributed by atoms with Gasteiger partial charge in [-0.15, -0.1) is 0 Å². The summed E-state index contributed by atoms with van der Waals surface area (Å²) in [4.78, 5) is 13.1. The van der Waals surface area contributed by atoms with Crippen LogP contribution in [-0.2, 0) is 16.0 Å². The molecule has 0 radical (unpaired) electrons. The Morgan fingerprint density at radius 2 is 1.71 bits per heavy atom. The van der Waals surface area contributed by atoms with Gasteiger partial charge in [0.05, 0.1) is 6.42 Å². The molecule has 0 saturated heterocycles. The average Bonchev–Trinajstić information content (AvgIpc) is 3.18. The standard InChI is InChI=1S/C38H58N2O2/c1-24(2)10-9-11-25(3)28-16-20-38(8)30-14-15-32-35(4,5)33(18-19-36(32,6)29(30)17-21-37(28,38)7)42-34(41)22-26-12-13-27(39)23-31(26)40/h10,12-13,15,23,25,28-30,33H,9,11,14,16-22,39-40H2,1-8H3. The number of fused-ring (bicyclic) bond motifs is 5. The Kier molecular flexibility index (Phi) is 8.20. The second-order valence-corrected chi connectivity index (χ2v) is 16.2. The molecule has 1 aromatic rings. The number of rotatable bonds is 7. The van der Waals surface area contributed by atoms with E-state index in [9.17, 15) is 4.79 Å². The summed E-state index contributed by atoms with van der Waals surface area (Å²) in [7, 11) is 0. The van der Waals surface area contributed by atoms with E-state index in [2.05, 4.69) is 67.5 Å². The zero-order chi connectivity index (χ0) is 30.7. The minimum Gasteiger partial charge on any atom is -0.461 e. The van der Waals surface area contributed by atoms with Crippen LogP contribution in [-0.4, -0.2) is 12.1 Å². The predicted molar refractivity (Wildman–Crippen MR) is 176 cm³/mol. The summed E-state index contributed by atoms with van der Waals surface area (Å²) in [5.74, 6) is 2.86. The SMILES string of the molecule is CC(C)=CCCC(C)C1CCC2(C)C3CC=C4C(C)(C)C(OC(=O)Cc5ccc(N)cc5N)CCC4(C)C3CCC12C. The highest BCUT2D eigenvalue weighted by molar-refractivity contribution is 5.76. The number of hydrogen-bond donors (Lipinski definition) is 2. The highest BCUT2D eigenvalue weighted by atomic mass is 16.5. The fourth-order valence-corrected chi connectivity index (χ4v) is 10.9. The molecule has 8 unspecified atom stereocenters. The number of allylic oxidation sites excluding steroid dienone is 3. The van der Waals surface area contributed by atoms with Crippen molar-refractivity contribution >= 4 is 17.3 Å². The Balaban J connectivity index is 1.33. The molecule has 4 aliphatic rings. The van der Waals surface area contributed by atoms with Crippen molar-refractivity contribution in [1.29, 1.82) is 0 Å². The summed E-state index contributed by atoms with van der Waals surface area (Å²) in [5.41, 5.74) is 17.7. The molecule has 0 aromatic heterocycles. The van der Waals surface area contributed by atoms with E-state index in [0.717, 1.165) is 36.2 Å². The molecule has 4 nitrogen and oxygen atoms in total. The average molecular weight is 575 g/mol. The minimum absolute atomic E-state index is 0.113. The molecule has 4 heteroatoms. The Labute approximate surface area is 256 Å². The van der Waals surface area contributed by atoms with Crippen LogP contribution in [0.1, 0.15) is 119 Å². The zero-order valence-electron chi connectivity index (χ0n) is 27.8. The van der Waals surface area contributed by atoms with E-state index in [1.54, 1.807) is 17.7 Å². The van der Waals surface area contributed by atoms with E-state index >= 15 is 0 Å². The molecule has 4 aliphatic carbocycles. The molecule has 4 N–H and O–H groups in total. The van der Waals surface area contributed by atoms with Crippen LogP contribution in [0.4, 0.5) is 11.4 Å². The van der Waals surface area contributed by atoms with Gasteiger partial charge in [-0.05, 0) is 129 Å². The van der Waals surface area contributed by atoms with Gasteiger partial charge in [-0.2, -0.15) is 0 Å². The number of hydrogen-bond acceptors (Lipinski definition) is 4. The molecule has 232 valence electrons. The van der Waals surface area contributed by atoms with Gasteiger partial charge in [0.2, 0.25) is 0 Å². The van der Waals surface area contributed by atoms with Crippen molar-refractivity contribution < 1.29 is 9.53 Å². The van der Waals surface area contributed by atoms with Crippen molar-refractivity contribution in [2.75, 3.05) is 11.5 Å². The smallest absolute Gasteiger partial charge is 0.310 e. The quantitative estimate of drug-likeness (QED) is 0.193. The molecule has 0 amide bonds. The lowest BCUT2D eigenvalue weighted by molar-refractivity contribution is -0.161. The molecule has 0 spiro atoms. The van der Waals surface area contributed by atoms with Crippen molar-refractivity contribution in [2.24, 2.45) is 45.3 Å². The van der Waals surface area contributed by atoms with Crippen LogP contribution in [0.25, 0.3) is 0 Å². The maximum atomic E-state index is 13.1. The van der Waals surface area contributed by atoms with Gasteiger partial charge in [0, 0.05) is 16.8 Å². The van der Waals surface area contributed by atoms with E-state index in [1.165, 1.54) is 50.5 Å². The summed E-state index contributed by atoms with van der Waals surface area (Å²) in [6.07, 6.45) is 16.3. The van der Waals surface area contributed by atoms with Gasteiger partial charge in [0.25, 0.3) is 0 Å². The van der Waals surface area contributed by atoms with Gasteiger partial charge in [0.15, 0.2) is 0 Å². The number of benzene rings is 1. The number of nitrogens with two attached hydrogens (primary N) is 2. The van der Waals surface area contributed by atoms with E-state index in [4.69, 9.17) is 16.2 Å². The summed E-state index contributed by atoms with van der Waals surface area (Å²) >= 11 is 0. The second kappa shape index (κ2) is 11.0. The normalized spacial score (nSPS) is 37.5. The first-order valence-electron chi connectivity index (χ1n) is 16.8. The fourth-order valence-electron chi connectivity index (χ4n) is 10.9. The zero-order valence-corrected chi connectivity index (χ0v) is 27.8. The first-order chi connectivity index (χ1) is 19.6. The first kappa shape index (κ1) is 31.2. The van der Waals surface area contributed by atoms with Crippen LogP contribution in [0.5, 0.6) is 0 Å². The predicted octanol–water partition coefficient (Wildman–Crippen LogP) is 9.29. The van der Waals surface area contributed by atoms with Gasteiger partial charge in [-0.1, -0.05) is 70.9 Å². The van der Waals surface area contributed by atoms with E-state index in [-0.39, 0.29) is 29.3 Å². The Morgan fingerprint density at radius 1 is 1.00 bits per heavy atom. The molecule has 3 fully saturated rings. The van der Waals surface area contributed by atoms with Crippen molar-refractivity contribution in [2.45, 2.75) is 126 Å². The second-order valence-electron chi connectivity index (χ2n) is 16.2. The lowest BCUT2D eigenvalue weighted by Gasteiger charge is -2.64. The largest absolute Gasteiger partial charge is 0.461 e. The van der Waals surface area contributed by atoms with Crippen LogP contribution in [0.3, 0.4) is 0 Å². The third kappa shape index (κ3) is 5.03. The summed E-state index contributed by atoms with van der Waals surface area (Å²) in [5, 5.41) is 0. The van der Waals surface area contributed by atoms with Gasteiger partial charge >= 0.3 is 5.97 Å². The van der Waals surface area contributed by atoms with Crippen molar-refractivity contribution in [3.63, 3.8) is 0 Å². The van der Waals surface area contributed by atoms with Crippen molar-refractivity contribution in [3.8, 4) is 0 Å². The Hall–Kier alpha value is -2.23. The van der Waals surface area contributed by atoms with E-state index in [0.29, 0.717) is 28.1 Å². The number of esters is 1. The number of anilines is 2. The third-order valence-corrected chi connectivity index (χ3v) is 13.5. The maximum absolute atomic E-state index is 13.1. The van der Waals surface area contributed by atoms with Gasteiger partial charge in [-0.25, -0.2) is 0 Å². The van der Waals surface area contributed by atoms with Gasteiger partial charge < -0.3 is 16.2 Å². The molecule has 0 heterocycles. The van der Waals surface area contributed by atoms with Gasteiger partial charge in [0.1, 0.15) is 6.10 Å². The topological polar surface area (TPSA) is 78.3 Å². The van der Waals surface area contributed by atoms with Crippen molar-refractivity contribution in [1.82, 2.24) is 0 Å². The molecule has 3 saturated carbocycles. The van der Waals surface area contributed by atoms with Crippen molar-refractivity contribution in [3.05, 3.63) is 47.1 Å². The number of carbonyl (C=O) groups excluding carboxylic acids is 1. The highest BCUT2D eigenvalue weighted by Crippen LogP contribution is 2.73. The molecule has 0 bridgehead atoms. The van der Waals surface area contributed by atoms with Crippen LogP contribution in [0.15, 0.2) is 41.5 Å². The monoisotopic (exact) mass is 574 g/mol. The molecule has 42 heavy (non-hydrogen) atoms. The Morgan fingerprint density at radius 3 is 2.40 bits per heavy atom. The number of nitrogen functional groups attached to an aromatic ring is 2. The number of carbonyl (C=O) groups is 1. The molecule has 1 aromatic carbocycles. The molecule has 5 rings (SSSR count). The van der Waals surface area contributed by atoms with Gasteiger partial charge in [-0.3, -0.25) is 4.79 Å². The van der Waals surface area contributed by atoms with Crippen LogP contribution in [0.2, 0.25) is 0 Å². The van der Waals surface area contributed by atoms with Crippen LogP contribution in [0, 0.1) is 45.3 Å². The molecular formula is C38H58N2O2. The summed E-state index contributed by atoms with van der Waals surface area (Å²) in [6.45, 7) is 19.5. The Bertz CT molecular complexity index is 1260.